The van der Waals surface area contributed by atoms with Crippen LogP contribution in [-0.4, -0.2) is 19.3 Å². The number of aromatic nitrogens is 4. The highest BCUT2D eigenvalue weighted by molar-refractivity contribution is 6.29. The van der Waals surface area contributed by atoms with Crippen molar-refractivity contribution in [3.05, 3.63) is 45.8 Å². The second-order valence-electron chi connectivity index (χ2n) is 4.29. The second kappa shape index (κ2) is 4.20. The van der Waals surface area contributed by atoms with Gasteiger partial charge in [-0.1, -0.05) is 23.7 Å². The summed E-state index contributed by atoms with van der Waals surface area (Å²) in [6.07, 6.45) is 0. The molecule has 0 fully saturated rings. The van der Waals surface area contributed by atoms with Gasteiger partial charge in [0, 0.05) is 20.2 Å². The highest BCUT2D eigenvalue weighted by Crippen LogP contribution is 2.19. The zero-order chi connectivity index (χ0) is 13.6. The number of hydrogen-bond donors (Lipinski definition) is 0. The topological polar surface area (TPSA) is 52.7 Å². The Balaban J connectivity index is 2.39. The molecule has 0 aliphatic heterocycles. The Morgan fingerprint density at radius 1 is 1.21 bits per heavy atom. The van der Waals surface area contributed by atoms with Crippen molar-refractivity contribution in [3.63, 3.8) is 0 Å². The maximum atomic E-state index is 12.4. The zero-order valence-electron chi connectivity index (χ0n) is 10.5. The smallest absolute Gasteiger partial charge is 0.278 e. The molecule has 5 nitrogen and oxygen atoms in total. The third kappa shape index (κ3) is 1.82. The lowest BCUT2D eigenvalue weighted by Gasteiger charge is -2.07. The Bertz CT molecular complexity index is 834. The summed E-state index contributed by atoms with van der Waals surface area (Å²) in [6.45, 7) is 0. The third-order valence-electron chi connectivity index (χ3n) is 3.08. The summed E-state index contributed by atoms with van der Waals surface area (Å²) in [4.78, 5) is 16.8. The molecule has 0 atom stereocenters. The molecule has 0 unspecified atom stereocenters. The lowest BCUT2D eigenvalue weighted by atomic mass is 10.2. The molecule has 0 spiro atoms. The summed E-state index contributed by atoms with van der Waals surface area (Å²) in [5, 5.41) is 4.37. The van der Waals surface area contributed by atoms with E-state index in [0.29, 0.717) is 16.5 Å². The van der Waals surface area contributed by atoms with Gasteiger partial charge in [0.05, 0.1) is 16.7 Å². The van der Waals surface area contributed by atoms with Crippen LogP contribution in [0, 0.1) is 0 Å². The standard InChI is InChI=1S/C13H11ClN4O/c1-17-9-6-4-3-5-8(9)15-12(13(17)19)10-7-11(14)16-18(10)2/h3-7H,1-2H3. The molecule has 2 aromatic heterocycles. The Kier molecular flexibility index (Phi) is 2.64. The van der Waals surface area contributed by atoms with Crippen LogP contribution < -0.4 is 5.56 Å². The molecule has 2 heterocycles. The summed E-state index contributed by atoms with van der Waals surface area (Å²) in [5.74, 6) is 0. The fraction of sp³-hybridized carbons (Fsp3) is 0.154. The Hall–Kier alpha value is -2.14. The van der Waals surface area contributed by atoms with Crippen molar-refractivity contribution in [2.75, 3.05) is 0 Å². The minimum Gasteiger partial charge on any atom is -0.308 e. The van der Waals surface area contributed by atoms with Crippen molar-refractivity contribution in [3.8, 4) is 11.4 Å². The highest BCUT2D eigenvalue weighted by atomic mass is 35.5. The van der Waals surface area contributed by atoms with Gasteiger partial charge in [0.25, 0.3) is 5.56 Å². The molecule has 1 aromatic carbocycles. The summed E-state index contributed by atoms with van der Waals surface area (Å²) in [7, 11) is 3.46. The maximum absolute atomic E-state index is 12.4. The van der Waals surface area contributed by atoms with Crippen LogP contribution in [0.25, 0.3) is 22.4 Å². The van der Waals surface area contributed by atoms with E-state index in [4.69, 9.17) is 11.6 Å². The van der Waals surface area contributed by atoms with Gasteiger partial charge in [-0.05, 0) is 12.1 Å². The number of halogens is 1. The molecule has 3 aromatic rings. The number of hydrogen-bond acceptors (Lipinski definition) is 3. The molecule has 0 bridgehead atoms. The lowest BCUT2D eigenvalue weighted by Crippen LogP contribution is -2.21. The van der Waals surface area contributed by atoms with E-state index in [2.05, 4.69) is 10.1 Å². The zero-order valence-corrected chi connectivity index (χ0v) is 11.2. The van der Waals surface area contributed by atoms with Crippen molar-refractivity contribution in [1.82, 2.24) is 19.3 Å². The van der Waals surface area contributed by atoms with Crippen LogP contribution in [0.2, 0.25) is 5.15 Å². The summed E-state index contributed by atoms with van der Waals surface area (Å²) < 4.78 is 3.14. The average molecular weight is 275 g/mol. The number of benzene rings is 1. The minimum absolute atomic E-state index is 0.168. The number of rotatable bonds is 1. The Morgan fingerprint density at radius 3 is 2.63 bits per heavy atom. The molecule has 0 aliphatic carbocycles. The van der Waals surface area contributed by atoms with E-state index in [-0.39, 0.29) is 5.56 Å². The summed E-state index contributed by atoms with van der Waals surface area (Å²) in [5.41, 5.74) is 2.35. The van der Waals surface area contributed by atoms with Crippen molar-refractivity contribution in [1.29, 1.82) is 0 Å². The van der Waals surface area contributed by atoms with Gasteiger partial charge in [-0.15, -0.1) is 0 Å². The Labute approximate surface area is 114 Å². The van der Waals surface area contributed by atoms with Gasteiger partial charge in [-0.3, -0.25) is 9.48 Å². The van der Waals surface area contributed by atoms with E-state index in [1.165, 1.54) is 0 Å². The monoisotopic (exact) mass is 274 g/mol. The van der Waals surface area contributed by atoms with Gasteiger partial charge >= 0.3 is 0 Å². The van der Waals surface area contributed by atoms with E-state index in [0.717, 1.165) is 11.0 Å². The van der Waals surface area contributed by atoms with Crippen LogP contribution in [0.3, 0.4) is 0 Å². The van der Waals surface area contributed by atoms with Crippen LogP contribution in [-0.2, 0) is 14.1 Å². The SMILES string of the molecule is Cn1nc(Cl)cc1-c1nc2ccccc2n(C)c1=O. The van der Waals surface area contributed by atoms with Crippen LogP contribution in [0.1, 0.15) is 0 Å². The maximum Gasteiger partial charge on any atom is 0.278 e. The number of para-hydroxylation sites is 2. The second-order valence-corrected chi connectivity index (χ2v) is 4.68. The molecule has 0 N–H and O–H groups in total. The third-order valence-corrected chi connectivity index (χ3v) is 3.26. The first-order valence-corrected chi connectivity index (χ1v) is 6.11. The number of fused-ring (bicyclic) bond motifs is 1. The van der Waals surface area contributed by atoms with Crippen LogP contribution in [0.4, 0.5) is 0 Å². The molecular weight excluding hydrogens is 264 g/mol. The first-order chi connectivity index (χ1) is 9.08. The predicted molar refractivity (Wildman–Crippen MR) is 74.2 cm³/mol. The first-order valence-electron chi connectivity index (χ1n) is 5.73. The minimum atomic E-state index is -0.168. The van der Waals surface area contributed by atoms with Gasteiger partial charge in [0.2, 0.25) is 0 Å². The first kappa shape index (κ1) is 11.9. The van der Waals surface area contributed by atoms with Crippen LogP contribution in [0.15, 0.2) is 35.1 Å². The van der Waals surface area contributed by atoms with Crippen molar-refractivity contribution in [2.45, 2.75) is 0 Å². The van der Waals surface area contributed by atoms with Gasteiger partial charge in [-0.25, -0.2) is 4.98 Å². The molecule has 6 heteroatoms. The molecule has 0 aliphatic rings. The van der Waals surface area contributed by atoms with Gasteiger partial charge in [0.1, 0.15) is 0 Å². The molecule has 0 saturated carbocycles. The quantitative estimate of drug-likeness (QED) is 0.682. The van der Waals surface area contributed by atoms with Crippen molar-refractivity contribution in [2.24, 2.45) is 14.1 Å². The largest absolute Gasteiger partial charge is 0.308 e. The predicted octanol–water partition coefficient (Wildman–Crippen LogP) is 1.99. The molecular formula is C13H11ClN4O. The summed E-state index contributed by atoms with van der Waals surface area (Å²) in [6, 6.07) is 9.14. The number of nitrogens with zero attached hydrogens (tertiary/aromatic N) is 4. The molecule has 19 heavy (non-hydrogen) atoms. The van der Waals surface area contributed by atoms with E-state index >= 15 is 0 Å². The van der Waals surface area contributed by atoms with Crippen molar-refractivity contribution >= 4 is 22.6 Å². The fourth-order valence-electron chi connectivity index (χ4n) is 2.10. The summed E-state index contributed by atoms with van der Waals surface area (Å²) >= 11 is 5.86. The average Bonchev–Trinajstić information content (AvgIpc) is 2.73. The highest BCUT2D eigenvalue weighted by Gasteiger charge is 2.14. The fourth-order valence-corrected chi connectivity index (χ4v) is 2.32. The molecule has 0 radical (unpaired) electrons. The van der Waals surface area contributed by atoms with Crippen LogP contribution in [0.5, 0.6) is 0 Å². The van der Waals surface area contributed by atoms with Gasteiger partial charge < -0.3 is 4.57 Å². The van der Waals surface area contributed by atoms with Gasteiger partial charge in [0.15, 0.2) is 10.8 Å². The molecule has 0 amide bonds. The van der Waals surface area contributed by atoms with E-state index in [1.807, 2.05) is 24.3 Å². The van der Waals surface area contributed by atoms with Crippen molar-refractivity contribution < 1.29 is 0 Å². The van der Waals surface area contributed by atoms with Crippen LogP contribution >= 0.6 is 11.6 Å². The van der Waals surface area contributed by atoms with E-state index < -0.39 is 0 Å². The van der Waals surface area contributed by atoms with E-state index in [1.54, 1.807) is 29.4 Å². The lowest BCUT2D eigenvalue weighted by molar-refractivity contribution is 0.769. The molecule has 96 valence electrons. The molecule has 0 saturated heterocycles. The Morgan fingerprint density at radius 2 is 1.95 bits per heavy atom. The van der Waals surface area contributed by atoms with Gasteiger partial charge in [-0.2, -0.15) is 5.10 Å². The van der Waals surface area contributed by atoms with E-state index in [9.17, 15) is 4.79 Å². The number of aryl methyl sites for hydroxylation is 2. The normalized spacial score (nSPS) is 11.1. The molecule has 3 rings (SSSR count).